The third-order valence-corrected chi connectivity index (χ3v) is 3.90. The van der Waals surface area contributed by atoms with Crippen LogP contribution in [0.1, 0.15) is 30.5 Å². The third-order valence-electron chi connectivity index (χ3n) is 3.90. The molecule has 104 valence electrons. The number of aliphatic imine (C=N–C) groups is 1. The van der Waals surface area contributed by atoms with E-state index in [0.29, 0.717) is 10.9 Å². The summed E-state index contributed by atoms with van der Waals surface area (Å²) in [6, 6.07) is 6.07. The normalized spacial score (nSPS) is 17.6. The first-order valence-corrected chi connectivity index (χ1v) is 6.24. The van der Waals surface area contributed by atoms with Crippen molar-refractivity contribution in [1.29, 1.82) is 0 Å². The summed E-state index contributed by atoms with van der Waals surface area (Å²) in [6.07, 6.45) is -0.419. The monoisotopic (exact) mass is 280 g/mol. The molecule has 0 atom stereocenters. The molecule has 1 saturated carbocycles. The molecule has 1 fully saturated rings. The van der Waals surface area contributed by atoms with Crippen molar-refractivity contribution in [1.82, 2.24) is 4.98 Å². The van der Waals surface area contributed by atoms with E-state index in [4.69, 9.17) is 0 Å². The predicted octanol–water partition coefficient (Wildman–Crippen LogP) is 3.90. The van der Waals surface area contributed by atoms with Gasteiger partial charge >= 0.3 is 6.18 Å². The van der Waals surface area contributed by atoms with E-state index in [9.17, 15) is 18.0 Å². The van der Waals surface area contributed by atoms with Crippen molar-refractivity contribution in [2.24, 2.45) is 4.99 Å². The Bertz CT molecular complexity index is 707. The van der Waals surface area contributed by atoms with E-state index in [1.807, 2.05) is 0 Å². The molecule has 3 rings (SSSR count). The molecule has 6 heteroatoms. The van der Waals surface area contributed by atoms with Crippen LogP contribution in [0.3, 0.4) is 0 Å². The molecular weight excluding hydrogens is 269 g/mol. The molecule has 0 bridgehead atoms. The molecule has 1 heterocycles. The van der Waals surface area contributed by atoms with E-state index < -0.39 is 17.4 Å². The number of hydrogen-bond acceptors (Lipinski definition) is 2. The van der Waals surface area contributed by atoms with E-state index in [1.54, 1.807) is 24.3 Å². The molecule has 1 aromatic carbocycles. The van der Waals surface area contributed by atoms with Gasteiger partial charge in [-0.15, -0.1) is 0 Å². The zero-order chi connectivity index (χ0) is 14.4. The lowest BCUT2D eigenvalue weighted by atomic mass is 9.72. The summed E-state index contributed by atoms with van der Waals surface area (Å²) in [5.41, 5.74) is -0.171. The van der Waals surface area contributed by atoms with Crippen LogP contribution in [0.5, 0.6) is 0 Å². The number of rotatable bonds is 2. The molecule has 3 nitrogen and oxygen atoms in total. The largest absolute Gasteiger partial charge is 0.431 e. The minimum Gasteiger partial charge on any atom is -0.351 e. The summed E-state index contributed by atoms with van der Waals surface area (Å²) in [5, 5.41) is 0.474. The Kier molecular flexibility index (Phi) is 2.73. The van der Waals surface area contributed by atoms with Gasteiger partial charge in [0.05, 0.1) is 5.54 Å². The average Bonchev–Trinajstić information content (AvgIpc) is 2.76. The number of alkyl halides is 3. The van der Waals surface area contributed by atoms with Crippen LogP contribution in [0.25, 0.3) is 10.9 Å². The first-order valence-electron chi connectivity index (χ1n) is 6.24. The standard InChI is InChI=1S/C14H11F3N2O/c15-14(16,17)12-7-9-6-10(2-3-11(9)19-12)13(18-8-20)4-1-5-13/h2-3,6-7,19H,1,4-5H2. The number of carbonyl (C=O) groups excluding carboxylic acids is 1. The second-order valence-electron chi connectivity index (χ2n) is 5.07. The van der Waals surface area contributed by atoms with Gasteiger partial charge in [0.25, 0.3) is 0 Å². The molecule has 0 unspecified atom stereocenters. The van der Waals surface area contributed by atoms with Crippen LogP contribution in [-0.2, 0) is 16.5 Å². The smallest absolute Gasteiger partial charge is 0.351 e. The van der Waals surface area contributed by atoms with E-state index >= 15 is 0 Å². The fraction of sp³-hybridized carbons (Fsp3) is 0.357. The quantitative estimate of drug-likeness (QED) is 0.658. The van der Waals surface area contributed by atoms with Crippen molar-refractivity contribution < 1.29 is 18.0 Å². The number of hydrogen-bond donors (Lipinski definition) is 1. The summed E-state index contributed by atoms with van der Waals surface area (Å²) in [4.78, 5) is 16.7. The molecule has 20 heavy (non-hydrogen) atoms. The maximum absolute atomic E-state index is 12.7. The zero-order valence-corrected chi connectivity index (χ0v) is 10.4. The maximum Gasteiger partial charge on any atom is 0.431 e. The van der Waals surface area contributed by atoms with Crippen LogP contribution in [-0.4, -0.2) is 11.1 Å². The summed E-state index contributed by atoms with van der Waals surface area (Å²) < 4.78 is 38.0. The van der Waals surface area contributed by atoms with Crippen LogP contribution < -0.4 is 0 Å². The second kappa shape index (κ2) is 4.21. The van der Waals surface area contributed by atoms with Crippen LogP contribution >= 0.6 is 0 Å². The summed E-state index contributed by atoms with van der Waals surface area (Å²) in [7, 11) is 0. The van der Waals surface area contributed by atoms with Crippen molar-refractivity contribution in [3.05, 3.63) is 35.5 Å². The van der Waals surface area contributed by atoms with Gasteiger partial charge in [-0.3, -0.25) is 0 Å². The Balaban J connectivity index is 2.09. The fourth-order valence-corrected chi connectivity index (χ4v) is 2.64. The Labute approximate surface area is 112 Å². The summed E-state index contributed by atoms with van der Waals surface area (Å²) in [6.45, 7) is 0. The summed E-state index contributed by atoms with van der Waals surface area (Å²) >= 11 is 0. The van der Waals surface area contributed by atoms with Gasteiger partial charge in [0, 0.05) is 10.9 Å². The Morgan fingerprint density at radius 3 is 2.55 bits per heavy atom. The Hall–Kier alpha value is -2.07. The number of aromatic nitrogens is 1. The predicted molar refractivity (Wildman–Crippen MR) is 67.0 cm³/mol. The fourth-order valence-electron chi connectivity index (χ4n) is 2.64. The molecule has 1 N–H and O–H groups in total. The number of H-pyrrole nitrogens is 1. The van der Waals surface area contributed by atoms with Gasteiger partial charge in [0.2, 0.25) is 6.08 Å². The van der Waals surface area contributed by atoms with E-state index in [-0.39, 0.29) is 0 Å². The Morgan fingerprint density at radius 2 is 2.00 bits per heavy atom. The van der Waals surface area contributed by atoms with E-state index in [1.165, 1.54) is 0 Å². The van der Waals surface area contributed by atoms with Gasteiger partial charge in [0.1, 0.15) is 5.69 Å². The number of benzene rings is 1. The molecular formula is C14H11F3N2O. The molecule has 2 aromatic rings. The van der Waals surface area contributed by atoms with Gasteiger partial charge < -0.3 is 4.98 Å². The van der Waals surface area contributed by atoms with Crippen molar-refractivity contribution in [3.8, 4) is 0 Å². The first kappa shape index (κ1) is 12.9. The number of aromatic amines is 1. The number of fused-ring (bicyclic) bond motifs is 1. The van der Waals surface area contributed by atoms with Crippen LogP contribution in [0.2, 0.25) is 0 Å². The van der Waals surface area contributed by atoms with Gasteiger partial charge in [-0.05, 0) is 43.0 Å². The molecule has 1 aliphatic carbocycles. The maximum atomic E-state index is 12.7. The van der Waals surface area contributed by atoms with Crippen molar-refractivity contribution in [3.63, 3.8) is 0 Å². The average molecular weight is 280 g/mol. The van der Waals surface area contributed by atoms with Gasteiger partial charge in [-0.2, -0.15) is 18.2 Å². The minimum atomic E-state index is -4.39. The minimum absolute atomic E-state index is 0.422. The van der Waals surface area contributed by atoms with Crippen LogP contribution in [0.15, 0.2) is 29.3 Å². The lowest BCUT2D eigenvalue weighted by Crippen LogP contribution is -2.31. The van der Waals surface area contributed by atoms with Crippen LogP contribution in [0, 0.1) is 0 Å². The molecule has 0 amide bonds. The first-order chi connectivity index (χ1) is 9.44. The molecule has 1 aromatic heterocycles. The molecule has 1 aliphatic rings. The second-order valence-corrected chi connectivity index (χ2v) is 5.07. The highest BCUT2D eigenvalue weighted by molar-refractivity contribution is 5.81. The van der Waals surface area contributed by atoms with Gasteiger partial charge in [-0.25, -0.2) is 4.79 Å². The lowest BCUT2D eigenvalue weighted by molar-refractivity contribution is -0.140. The third kappa shape index (κ3) is 1.93. The topological polar surface area (TPSA) is 45.2 Å². The summed E-state index contributed by atoms with van der Waals surface area (Å²) in [5.74, 6) is 0. The van der Waals surface area contributed by atoms with Crippen molar-refractivity contribution in [2.75, 3.05) is 0 Å². The highest BCUT2D eigenvalue weighted by atomic mass is 19.4. The highest BCUT2D eigenvalue weighted by Crippen LogP contribution is 2.45. The van der Waals surface area contributed by atoms with E-state index in [2.05, 4.69) is 9.98 Å². The Morgan fingerprint density at radius 1 is 1.25 bits per heavy atom. The molecule has 0 saturated heterocycles. The number of isocyanates is 1. The van der Waals surface area contributed by atoms with Crippen LogP contribution in [0.4, 0.5) is 13.2 Å². The zero-order valence-electron chi connectivity index (χ0n) is 10.4. The molecule has 0 spiro atoms. The number of halogens is 3. The molecule has 0 radical (unpaired) electrons. The number of nitrogens with zero attached hydrogens (tertiary/aromatic N) is 1. The van der Waals surface area contributed by atoms with Gasteiger partial charge in [-0.1, -0.05) is 6.07 Å². The van der Waals surface area contributed by atoms with E-state index in [0.717, 1.165) is 30.9 Å². The highest BCUT2D eigenvalue weighted by Gasteiger charge is 2.39. The lowest BCUT2D eigenvalue weighted by Gasteiger charge is -2.37. The number of nitrogens with one attached hydrogen (secondary N) is 1. The SMILES string of the molecule is O=C=NC1(c2ccc3[nH]c(C(F)(F)F)cc3c2)CCC1. The van der Waals surface area contributed by atoms with Gasteiger partial charge in [0.15, 0.2) is 0 Å². The van der Waals surface area contributed by atoms with Crippen molar-refractivity contribution >= 4 is 17.0 Å². The van der Waals surface area contributed by atoms with Crippen molar-refractivity contribution in [2.45, 2.75) is 31.0 Å². The molecule has 0 aliphatic heterocycles.